The van der Waals surface area contributed by atoms with Crippen molar-refractivity contribution in [3.8, 4) is 0 Å². The Morgan fingerprint density at radius 1 is 1.29 bits per heavy atom. The first kappa shape index (κ1) is 15.6. The van der Waals surface area contributed by atoms with Crippen molar-refractivity contribution < 1.29 is 4.79 Å². The van der Waals surface area contributed by atoms with Crippen molar-refractivity contribution in [1.82, 2.24) is 15.1 Å². The zero-order chi connectivity index (χ0) is 15.2. The summed E-state index contributed by atoms with van der Waals surface area (Å²) < 4.78 is 1.64. The number of benzene rings is 1. The van der Waals surface area contributed by atoms with Gasteiger partial charge >= 0.3 is 0 Å². The summed E-state index contributed by atoms with van der Waals surface area (Å²) in [5, 5.41) is 7.99. The number of aromatic nitrogens is 2. The molecule has 1 aromatic heterocycles. The Morgan fingerprint density at radius 3 is 2.67 bits per heavy atom. The Morgan fingerprint density at radius 2 is 2.00 bits per heavy atom. The third-order valence-electron chi connectivity index (χ3n) is 3.28. The first-order valence-corrected chi connectivity index (χ1v) is 7.53. The quantitative estimate of drug-likeness (QED) is 0.892. The highest BCUT2D eigenvalue weighted by atomic mass is 35.5. The minimum atomic E-state index is -0.0821. The monoisotopic (exact) mass is 305 g/mol. The van der Waals surface area contributed by atoms with Gasteiger partial charge in [-0.2, -0.15) is 5.10 Å². The average Bonchev–Trinajstić information content (AvgIpc) is 2.82. The molecule has 0 saturated carbocycles. The smallest absolute Gasteiger partial charge is 0.269 e. The van der Waals surface area contributed by atoms with Crippen LogP contribution in [-0.2, 0) is 19.9 Å². The van der Waals surface area contributed by atoms with E-state index < -0.39 is 0 Å². The molecule has 1 amide bonds. The molecule has 112 valence electrons. The summed E-state index contributed by atoms with van der Waals surface area (Å²) in [4.78, 5) is 12.1. The maximum Gasteiger partial charge on any atom is 0.269 e. The largest absolute Gasteiger partial charge is 0.350 e. The highest BCUT2D eigenvalue weighted by molar-refractivity contribution is 6.30. The van der Waals surface area contributed by atoms with Gasteiger partial charge in [-0.05, 0) is 36.6 Å². The van der Waals surface area contributed by atoms with E-state index in [2.05, 4.69) is 17.3 Å². The number of halogens is 1. The minimum Gasteiger partial charge on any atom is -0.350 e. The van der Waals surface area contributed by atoms with Gasteiger partial charge in [0.15, 0.2) is 0 Å². The first-order chi connectivity index (χ1) is 10.1. The summed E-state index contributed by atoms with van der Waals surface area (Å²) in [5.41, 5.74) is 2.72. The standard InChI is InChI=1S/C16H20ClN3O/c1-3-4-14-11-15(20(2)19-14)16(21)18-10-9-12-5-7-13(17)8-6-12/h5-8,11H,3-4,9-10H2,1-2H3,(H,18,21). The third kappa shape index (κ3) is 4.33. The fourth-order valence-corrected chi connectivity index (χ4v) is 2.31. The van der Waals surface area contributed by atoms with Crippen LogP contribution >= 0.6 is 11.6 Å². The molecule has 0 atom stereocenters. The van der Waals surface area contributed by atoms with Crippen LogP contribution in [0.25, 0.3) is 0 Å². The fourth-order valence-electron chi connectivity index (χ4n) is 2.18. The van der Waals surface area contributed by atoms with Crippen molar-refractivity contribution in [2.45, 2.75) is 26.2 Å². The van der Waals surface area contributed by atoms with Crippen LogP contribution in [-0.4, -0.2) is 22.2 Å². The molecule has 0 spiro atoms. The second-order valence-electron chi connectivity index (χ2n) is 5.03. The molecule has 1 aromatic carbocycles. The summed E-state index contributed by atoms with van der Waals surface area (Å²) in [5.74, 6) is -0.0821. The lowest BCUT2D eigenvalue weighted by Gasteiger charge is -2.05. The average molecular weight is 306 g/mol. The van der Waals surface area contributed by atoms with E-state index >= 15 is 0 Å². The number of amides is 1. The molecule has 4 nitrogen and oxygen atoms in total. The normalized spacial score (nSPS) is 10.6. The summed E-state index contributed by atoms with van der Waals surface area (Å²) in [6.45, 7) is 2.69. The molecule has 0 aliphatic carbocycles. The van der Waals surface area contributed by atoms with Crippen molar-refractivity contribution in [3.05, 3.63) is 52.3 Å². The molecular weight excluding hydrogens is 286 g/mol. The fraction of sp³-hybridized carbons (Fsp3) is 0.375. The van der Waals surface area contributed by atoms with Gasteiger partial charge in [0, 0.05) is 18.6 Å². The molecule has 0 aliphatic rings. The van der Waals surface area contributed by atoms with E-state index in [1.54, 1.807) is 11.7 Å². The maximum atomic E-state index is 12.1. The third-order valence-corrected chi connectivity index (χ3v) is 3.53. The zero-order valence-corrected chi connectivity index (χ0v) is 13.2. The predicted molar refractivity (Wildman–Crippen MR) is 84.7 cm³/mol. The maximum absolute atomic E-state index is 12.1. The van der Waals surface area contributed by atoms with Crippen molar-refractivity contribution in [3.63, 3.8) is 0 Å². The second-order valence-corrected chi connectivity index (χ2v) is 5.46. The number of hydrogen-bond acceptors (Lipinski definition) is 2. The molecule has 21 heavy (non-hydrogen) atoms. The molecule has 0 radical (unpaired) electrons. The van der Waals surface area contributed by atoms with E-state index in [9.17, 15) is 4.79 Å². The number of hydrogen-bond donors (Lipinski definition) is 1. The Balaban J connectivity index is 1.88. The van der Waals surface area contributed by atoms with E-state index in [-0.39, 0.29) is 5.91 Å². The molecule has 0 unspecified atom stereocenters. The van der Waals surface area contributed by atoms with Crippen molar-refractivity contribution in [2.24, 2.45) is 7.05 Å². The highest BCUT2D eigenvalue weighted by Gasteiger charge is 2.12. The second kappa shape index (κ2) is 7.27. The van der Waals surface area contributed by atoms with Crippen LogP contribution in [0, 0.1) is 0 Å². The molecule has 0 bridgehead atoms. The van der Waals surface area contributed by atoms with Gasteiger partial charge in [0.05, 0.1) is 5.69 Å². The van der Waals surface area contributed by atoms with Gasteiger partial charge in [0.1, 0.15) is 5.69 Å². The van der Waals surface area contributed by atoms with Crippen LogP contribution in [0.4, 0.5) is 0 Å². The van der Waals surface area contributed by atoms with Gasteiger partial charge in [-0.15, -0.1) is 0 Å². The van der Waals surface area contributed by atoms with Gasteiger partial charge in [0.25, 0.3) is 5.91 Å². The van der Waals surface area contributed by atoms with E-state index in [0.717, 1.165) is 35.5 Å². The van der Waals surface area contributed by atoms with Gasteiger partial charge < -0.3 is 5.32 Å². The Bertz CT molecular complexity index is 604. The van der Waals surface area contributed by atoms with Crippen LogP contribution in [0.5, 0.6) is 0 Å². The van der Waals surface area contributed by atoms with Gasteiger partial charge in [0.2, 0.25) is 0 Å². The molecule has 5 heteroatoms. The summed E-state index contributed by atoms with van der Waals surface area (Å²) in [6.07, 6.45) is 2.70. The van der Waals surface area contributed by atoms with E-state index in [1.807, 2.05) is 30.3 Å². The molecule has 1 N–H and O–H groups in total. The lowest BCUT2D eigenvalue weighted by molar-refractivity contribution is 0.0944. The van der Waals surface area contributed by atoms with Crippen LogP contribution in [0.2, 0.25) is 5.02 Å². The summed E-state index contributed by atoms with van der Waals surface area (Å²) >= 11 is 5.84. The zero-order valence-electron chi connectivity index (χ0n) is 12.4. The van der Waals surface area contributed by atoms with Crippen LogP contribution < -0.4 is 5.32 Å². The number of rotatable bonds is 6. The Labute approximate surface area is 130 Å². The SMILES string of the molecule is CCCc1cc(C(=O)NCCc2ccc(Cl)cc2)n(C)n1. The Hall–Kier alpha value is -1.81. The van der Waals surface area contributed by atoms with Crippen LogP contribution in [0.1, 0.15) is 35.1 Å². The first-order valence-electron chi connectivity index (χ1n) is 7.15. The highest BCUT2D eigenvalue weighted by Crippen LogP contribution is 2.10. The number of carbonyl (C=O) groups is 1. The van der Waals surface area contributed by atoms with E-state index in [0.29, 0.717) is 12.2 Å². The molecule has 1 heterocycles. The molecule has 2 rings (SSSR count). The molecule has 0 fully saturated rings. The van der Waals surface area contributed by atoms with Crippen molar-refractivity contribution in [1.29, 1.82) is 0 Å². The number of aryl methyl sites for hydroxylation is 2. The predicted octanol–water partition coefficient (Wildman–Crippen LogP) is 3.00. The molecule has 0 aliphatic heterocycles. The topological polar surface area (TPSA) is 46.9 Å². The van der Waals surface area contributed by atoms with E-state index in [4.69, 9.17) is 11.6 Å². The van der Waals surface area contributed by atoms with Crippen molar-refractivity contribution >= 4 is 17.5 Å². The van der Waals surface area contributed by atoms with Crippen LogP contribution in [0.15, 0.2) is 30.3 Å². The Kier molecular flexibility index (Phi) is 5.39. The van der Waals surface area contributed by atoms with Gasteiger partial charge in [-0.3, -0.25) is 9.48 Å². The van der Waals surface area contributed by atoms with Crippen LogP contribution in [0.3, 0.4) is 0 Å². The summed E-state index contributed by atoms with van der Waals surface area (Å²) in [6, 6.07) is 9.52. The lowest BCUT2D eigenvalue weighted by atomic mass is 10.1. The lowest BCUT2D eigenvalue weighted by Crippen LogP contribution is -2.27. The number of nitrogens with zero attached hydrogens (tertiary/aromatic N) is 2. The van der Waals surface area contributed by atoms with Gasteiger partial charge in [-0.1, -0.05) is 37.1 Å². The molecule has 0 saturated heterocycles. The minimum absolute atomic E-state index is 0.0821. The van der Waals surface area contributed by atoms with Gasteiger partial charge in [-0.25, -0.2) is 0 Å². The summed E-state index contributed by atoms with van der Waals surface area (Å²) in [7, 11) is 1.80. The molecule has 2 aromatic rings. The number of nitrogens with one attached hydrogen (secondary N) is 1. The molecular formula is C16H20ClN3O. The van der Waals surface area contributed by atoms with Crippen molar-refractivity contribution in [2.75, 3.05) is 6.54 Å². The number of carbonyl (C=O) groups excluding carboxylic acids is 1. The van der Waals surface area contributed by atoms with E-state index in [1.165, 1.54) is 0 Å².